The average Bonchev–Trinajstić information content (AvgIpc) is 2.88. The Morgan fingerprint density at radius 2 is 2.23 bits per heavy atom. The maximum absolute atomic E-state index is 14.2. The Morgan fingerprint density at radius 3 is 2.95 bits per heavy atom. The van der Waals surface area contributed by atoms with Gasteiger partial charge in [0.2, 0.25) is 0 Å². The molecule has 114 valence electrons. The van der Waals surface area contributed by atoms with Crippen molar-refractivity contribution in [2.45, 2.75) is 38.1 Å². The zero-order valence-corrected chi connectivity index (χ0v) is 12.4. The number of benzene rings is 1. The summed E-state index contributed by atoms with van der Waals surface area (Å²) >= 11 is 0. The van der Waals surface area contributed by atoms with Crippen LogP contribution >= 0.6 is 0 Å². The monoisotopic (exact) mass is 298 g/mol. The van der Waals surface area contributed by atoms with E-state index < -0.39 is 0 Å². The second kappa shape index (κ2) is 6.29. The van der Waals surface area contributed by atoms with Crippen LogP contribution in [-0.2, 0) is 13.0 Å². The summed E-state index contributed by atoms with van der Waals surface area (Å²) in [5, 5.41) is 13.6. The lowest BCUT2D eigenvalue weighted by Crippen LogP contribution is -2.15. The molecule has 2 aromatic rings. The molecular weight excluding hydrogens is 279 g/mol. The third-order valence-corrected chi connectivity index (χ3v) is 4.34. The van der Waals surface area contributed by atoms with E-state index in [0.29, 0.717) is 23.7 Å². The molecule has 0 aliphatic heterocycles. The van der Waals surface area contributed by atoms with Crippen molar-refractivity contribution in [1.82, 2.24) is 9.78 Å². The van der Waals surface area contributed by atoms with E-state index in [4.69, 9.17) is 11.0 Å². The normalized spacial score (nSPS) is 17.0. The van der Waals surface area contributed by atoms with Crippen molar-refractivity contribution in [2.75, 3.05) is 6.54 Å². The molecule has 0 bridgehead atoms. The lowest BCUT2D eigenvalue weighted by molar-refractivity contribution is 0.508. The Balaban J connectivity index is 2.18. The van der Waals surface area contributed by atoms with Crippen LogP contribution in [-0.4, -0.2) is 16.3 Å². The van der Waals surface area contributed by atoms with Crippen LogP contribution in [0.3, 0.4) is 0 Å². The van der Waals surface area contributed by atoms with Crippen molar-refractivity contribution < 1.29 is 4.39 Å². The van der Waals surface area contributed by atoms with Crippen LogP contribution in [0.4, 0.5) is 4.39 Å². The van der Waals surface area contributed by atoms with Gasteiger partial charge in [0.25, 0.3) is 0 Å². The number of nitrogens with two attached hydrogens (primary N) is 1. The second-order valence-electron chi connectivity index (χ2n) is 5.67. The van der Waals surface area contributed by atoms with Crippen LogP contribution in [0.5, 0.6) is 0 Å². The standard InChI is InChI=1S/C17H19FN4/c18-14-6-2-1-5-13(14)17-16-12(8-9-19)4-3-7-15(16)22(21-17)11-10-20/h1-2,5-6,12H,3-4,7-9,11,19H2. The molecule has 1 aliphatic rings. The lowest BCUT2D eigenvalue weighted by Gasteiger charge is -2.23. The molecule has 1 heterocycles. The van der Waals surface area contributed by atoms with Crippen LogP contribution in [0.25, 0.3) is 11.3 Å². The van der Waals surface area contributed by atoms with E-state index in [1.165, 1.54) is 6.07 Å². The van der Waals surface area contributed by atoms with Crippen LogP contribution in [0, 0.1) is 17.1 Å². The summed E-state index contributed by atoms with van der Waals surface area (Å²) in [7, 11) is 0. The summed E-state index contributed by atoms with van der Waals surface area (Å²) in [6, 6.07) is 8.84. The number of aromatic nitrogens is 2. The van der Waals surface area contributed by atoms with Crippen molar-refractivity contribution in [3.63, 3.8) is 0 Å². The number of halogens is 1. The molecule has 1 aromatic carbocycles. The maximum atomic E-state index is 14.2. The molecule has 1 aromatic heterocycles. The Kier molecular flexibility index (Phi) is 4.21. The molecule has 0 fully saturated rings. The minimum Gasteiger partial charge on any atom is -0.330 e. The fourth-order valence-electron chi connectivity index (χ4n) is 3.40. The summed E-state index contributed by atoms with van der Waals surface area (Å²) in [5.74, 6) is 0.0276. The molecule has 0 amide bonds. The largest absolute Gasteiger partial charge is 0.330 e. The molecule has 1 aliphatic carbocycles. The SMILES string of the molecule is N#CCn1nc(-c2ccccc2F)c2c1CCCC2CCN. The highest BCUT2D eigenvalue weighted by atomic mass is 19.1. The topological polar surface area (TPSA) is 67.6 Å². The summed E-state index contributed by atoms with van der Waals surface area (Å²) in [6.07, 6.45) is 3.86. The van der Waals surface area contributed by atoms with Gasteiger partial charge in [-0.15, -0.1) is 0 Å². The first kappa shape index (κ1) is 14.7. The number of hydrogen-bond donors (Lipinski definition) is 1. The van der Waals surface area contributed by atoms with Crippen LogP contribution in [0.1, 0.15) is 36.4 Å². The highest BCUT2D eigenvalue weighted by Gasteiger charge is 2.29. The molecule has 0 saturated heterocycles. The molecule has 1 unspecified atom stereocenters. The first-order valence-electron chi connectivity index (χ1n) is 7.67. The summed E-state index contributed by atoms with van der Waals surface area (Å²) < 4.78 is 16.0. The third kappa shape index (κ3) is 2.51. The van der Waals surface area contributed by atoms with Gasteiger partial charge in [0.05, 0.1) is 11.8 Å². The second-order valence-corrected chi connectivity index (χ2v) is 5.67. The van der Waals surface area contributed by atoms with Crippen molar-refractivity contribution in [2.24, 2.45) is 5.73 Å². The molecule has 2 N–H and O–H groups in total. The van der Waals surface area contributed by atoms with E-state index in [9.17, 15) is 4.39 Å². The fourth-order valence-corrected chi connectivity index (χ4v) is 3.40. The van der Waals surface area contributed by atoms with Gasteiger partial charge >= 0.3 is 0 Å². The lowest BCUT2D eigenvalue weighted by atomic mass is 9.82. The minimum atomic E-state index is -0.274. The van der Waals surface area contributed by atoms with Crippen molar-refractivity contribution >= 4 is 0 Å². The number of hydrogen-bond acceptors (Lipinski definition) is 3. The zero-order valence-electron chi connectivity index (χ0n) is 12.4. The van der Waals surface area contributed by atoms with E-state index in [-0.39, 0.29) is 12.4 Å². The Labute approximate surface area is 129 Å². The average molecular weight is 298 g/mol. The van der Waals surface area contributed by atoms with Gasteiger partial charge in [0, 0.05) is 16.8 Å². The first-order chi connectivity index (χ1) is 10.8. The Morgan fingerprint density at radius 1 is 1.41 bits per heavy atom. The van der Waals surface area contributed by atoms with E-state index in [1.54, 1.807) is 16.8 Å². The highest BCUT2D eigenvalue weighted by molar-refractivity contribution is 5.66. The van der Waals surface area contributed by atoms with Gasteiger partial charge in [0.1, 0.15) is 12.4 Å². The highest BCUT2D eigenvalue weighted by Crippen LogP contribution is 2.40. The van der Waals surface area contributed by atoms with Gasteiger partial charge in [-0.3, -0.25) is 4.68 Å². The number of rotatable bonds is 4. The fraction of sp³-hybridized carbons (Fsp3) is 0.412. The molecular formula is C17H19FN4. The van der Waals surface area contributed by atoms with E-state index >= 15 is 0 Å². The first-order valence-corrected chi connectivity index (χ1v) is 7.67. The van der Waals surface area contributed by atoms with Gasteiger partial charge in [-0.25, -0.2) is 4.39 Å². The molecule has 3 rings (SSSR count). The van der Waals surface area contributed by atoms with Crippen LogP contribution < -0.4 is 5.73 Å². The summed E-state index contributed by atoms with van der Waals surface area (Å²) in [6.45, 7) is 0.802. The number of fused-ring (bicyclic) bond motifs is 1. The number of nitrogens with zero attached hydrogens (tertiary/aromatic N) is 3. The van der Waals surface area contributed by atoms with Crippen molar-refractivity contribution in [3.05, 3.63) is 41.3 Å². The van der Waals surface area contributed by atoms with Gasteiger partial charge in [-0.2, -0.15) is 10.4 Å². The van der Waals surface area contributed by atoms with Gasteiger partial charge in [-0.1, -0.05) is 12.1 Å². The molecule has 0 saturated carbocycles. The summed E-state index contributed by atoms with van der Waals surface area (Å²) in [4.78, 5) is 0. The molecule has 0 spiro atoms. The van der Waals surface area contributed by atoms with E-state index in [2.05, 4.69) is 11.2 Å². The van der Waals surface area contributed by atoms with E-state index in [0.717, 1.165) is 36.9 Å². The van der Waals surface area contributed by atoms with Gasteiger partial charge in [-0.05, 0) is 50.3 Å². The van der Waals surface area contributed by atoms with Crippen LogP contribution in [0.15, 0.2) is 24.3 Å². The Hall–Kier alpha value is -2.19. The zero-order chi connectivity index (χ0) is 15.5. The summed E-state index contributed by atoms with van der Waals surface area (Å²) in [5.41, 5.74) is 9.11. The molecule has 22 heavy (non-hydrogen) atoms. The third-order valence-electron chi connectivity index (χ3n) is 4.34. The van der Waals surface area contributed by atoms with Crippen LogP contribution in [0.2, 0.25) is 0 Å². The molecule has 1 atom stereocenters. The van der Waals surface area contributed by atoms with E-state index in [1.807, 2.05) is 6.07 Å². The predicted molar refractivity (Wildman–Crippen MR) is 82.6 cm³/mol. The van der Waals surface area contributed by atoms with Crippen molar-refractivity contribution in [3.8, 4) is 17.3 Å². The van der Waals surface area contributed by atoms with Gasteiger partial charge in [0.15, 0.2) is 0 Å². The maximum Gasteiger partial charge on any atom is 0.132 e. The molecule has 4 nitrogen and oxygen atoms in total. The van der Waals surface area contributed by atoms with Gasteiger partial charge < -0.3 is 5.73 Å². The predicted octanol–water partition coefficient (Wildman–Crippen LogP) is 2.98. The Bertz CT molecular complexity index is 714. The molecule has 5 heteroatoms. The smallest absolute Gasteiger partial charge is 0.132 e. The quantitative estimate of drug-likeness (QED) is 0.943. The minimum absolute atomic E-state index is 0.201. The van der Waals surface area contributed by atoms with Crippen molar-refractivity contribution in [1.29, 1.82) is 5.26 Å². The number of nitriles is 1. The molecule has 0 radical (unpaired) electrons.